The first kappa shape index (κ1) is 24.6. The number of hydrogen-bond acceptors (Lipinski definition) is 5. The maximum absolute atomic E-state index is 5.80. The Labute approximate surface area is 183 Å². The van der Waals surface area contributed by atoms with Gasteiger partial charge in [-0.25, -0.2) is 15.0 Å². The summed E-state index contributed by atoms with van der Waals surface area (Å²) >= 11 is 0. The second kappa shape index (κ2) is 16.1. The van der Waals surface area contributed by atoms with Crippen molar-refractivity contribution in [3.8, 4) is 0 Å². The Balaban J connectivity index is 1.33. The standard InChI is InChI=1S/C24H43N5O/c1-2-3-4-5-6-7-8-9-10-11-12-13-14-15-16-17-18-30-21-29-20-28-22-23(25)26-19-27-24(22)29/h19-20H,2-18,21H2,1H3,(H2,25,26,27). The minimum atomic E-state index is 0.413. The smallest absolute Gasteiger partial charge is 0.167 e. The van der Waals surface area contributed by atoms with E-state index in [4.69, 9.17) is 10.5 Å². The molecule has 2 aromatic rings. The summed E-state index contributed by atoms with van der Waals surface area (Å²) in [5, 5.41) is 0. The lowest BCUT2D eigenvalue weighted by atomic mass is 10.0. The number of nitrogens with two attached hydrogens (primary N) is 1. The Kier molecular flexibility index (Phi) is 13.2. The van der Waals surface area contributed by atoms with E-state index in [2.05, 4.69) is 21.9 Å². The fourth-order valence-corrected chi connectivity index (χ4v) is 3.91. The van der Waals surface area contributed by atoms with Crippen molar-refractivity contribution < 1.29 is 4.74 Å². The van der Waals surface area contributed by atoms with E-state index in [9.17, 15) is 0 Å². The van der Waals surface area contributed by atoms with E-state index in [1.165, 1.54) is 103 Å². The molecule has 0 saturated carbocycles. The molecule has 2 rings (SSSR count). The minimum Gasteiger partial charge on any atom is -0.382 e. The number of fused-ring (bicyclic) bond motifs is 1. The number of nitrogens with zero attached hydrogens (tertiary/aromatic N) is 4. The van der Waals surface area contributed by atoms with Gasteiger partial charge in [-0.2, -0.15) is 0 Å². The van der Waals surface area contributed by atoms with Crippen LogP contribution in [0.1, 0.15) is 110 Å². The summed E-state index contributed by atoms with van der Waals surface area (Å²) in [5.41, 5.74) is 7.17. The van der Waals surface area contributed by atoms with E-state index in [0.717, 1.165) is 18.7 Å². The van der Waals surface area contributed by atoms with Gasteiger partial charge in [0.05, 0.1) is 6.33 Å². The highest BCUT2D eigenvalue weighted by atomic mass is 16.5. The van der Waals surface area contributed by atoms with Crippen molar-refractivity contribution in [3.63, 3.8) is 0 Å². The number of hydrogen-bond donors (Lipinski definition) is 1. The molecule has 0 unspecified atom stereocenters. The molecular weight excluding hydrogens is 374 g/mol. The van der Waals surface area contributed by atoms with Gasteiger partial charge in [-0.15, -0.1) is 0 Å². The SMILES string of the molecule is CCCCCCCCCCCCCCCCCCOCn1cnc2c(N)ncnc21. The van der Waals surface area contributed by atoms with E-state index >= 15 is 0 Å². The minimum absolute atomic E-state index is 0.413. The average Bonchev–Trinajstić information content (AvgIpc) is 3.17. The van der Waals surface area contributed by atoms with Gasteiger partial charge in [-0.1, -0.05) is 103 Å². The lowest BCUT2D eigenvalue weighted by molar-refractivity contribution is 0.0759. The predicted octanol–water partition coefficient (Wildman–Crippen LogP) is 6.64. The van der Waals surface area contributed by atoms with Crippen LogP contribution in [-0.4, -0.2) is 26.1 Å². The molecule has 2 aromatic heterocycles. The molecule has 6 heteroatoms. The zero-order valence-corrected chi connectivity index (χ0v) is 19.2. The van der Waals surface area contributed by atoms with Crippen LogP contribution >= 0.6 is 0 Å². The molecule has 6 nitrogen and oxygen atoms in total. The zero-order valence-electron chi connectivity index (χ0n) is 19.2. The molecule has 0 bridgehead atoms. The molecule has 0 amide bonds. The molecule has 0 aliphatic rings. The molecule has 0 radical (unpaired) electrons. The molecule has 2 heterocycles. The van der Waals surface area contributed by atoms with E-state index in [1.54, 1.807) is 6.33 Å². The number of nitrogen functional groups attached to an aromatic ring is 1. The van der Waals surface area contributed by atoms with Gasteiger partial charge >= 0.3 is 0 Å². The first-order valence-electron chi connectivity index (χ1n) is 12.3. The quantitative estimate of drug-likeness (QED) is 0.259. The predicted molar refractivity (Wildman–Crippen MR) is 125 cm³/mol. The van der Waals surface area contributed by atoms with E-state index in [1.807, 2.05) is 4.57 Å². The maximum Gasteiger partial charge on any atom is 0.167 e. The fraction of sp³-hybridized carbons (Fsp3) is 0.792. The van der Waals surface area contributed by atoms with Crippen LogP contribution in [0.3, 0.4) is 0 Å². The molecule has 0 fully saturated rings. The first-order chi connectivity index (χ1) is 14.8. The van der Waals surface area contributed by atoms with Crippen molar-refractivity contribution in [1.29, 1.82) is 0 Å². The van der Waals surface area contributed by atoms with E-state index < -0.39 is 0 Å². The highest BCUT2D eigenvalue weighted by Crippen LogP contribution is 2.15. The highest BCUT2D eigenvalue weighted by Gasteiger charge is 2.07. The maximum atomic E-state index is 5.80. The van der Waals surface area contributed by atoms with Crippen LogP contribution in [0.5, 0.6) is 0 Å². The monoisotopic (exact) mass is 417 g/mol. The van der Waals surface area contributed by atoms with Crippen molar-refractivity contribution in [3.05, 3.63) is 12.7 Å². The molecule has 0 aromatic carbocycles. The number of anilines is 1. The Hall–Kier alpha value is -1.69. The molecule has 0 aliphatic carbocycles. The number of ether oxygens (including phenoxy) is 1. The van der Waals surface area contributed by atoms with Gasteiger partial charge in [0.15, 0.2) is 11.5 Å². The molecule has 30 heavy (non-hydrogen) atoms. The van der Waals surface area contributed by atoms with Gasteiger partial charge in [-0.3, -0.25) is 4.57 Å². The lowest BCUT2D eigenvalue weighted by Gasteiger charge is -2.06. The van der Waals surface area contributed by atoms with Crippen LogP contribution in [0.2, 0.25) is 0 Å². The third-order valence-corrected chi connectivity index (χ3v) is 5.80. The highest BCUT2D eigenvalue weighted by molar-refractivity contribution is 5.80. The Morgan fingerprint density at radius 2 is 1.27 bits per heavy atom. The van der Waals surface area contributed by atoms with Gasteiger partial charge in [0, 0.05) is 6.61 Å². The summed E-state index contributed by atoms with van der Waals surface area (Å²) in [5.74, 6) is 0.413. The van der Waals surface area contributed by atoms with E-state index in [-0.39, 0.29) is 0 Å². The van der Waals surface area contributed by atoms with Gasteiger partial charge in [0.25, 0.3) is 0 Å². The van der Waals surface area contributed by atoms with Crippen LogP contribution in [0.4, 0.5) is 5.82 Å². The summed E-state index contributed by atoms with van der Waals surface area (Å²) in [6.07, 6.45) is 25.3. The van der Waals surface area contributed by atoms with Crippen LogP contribution in [0.15, 0.2) is 12.7 Å². The Bertz CT molecular complexity index is 673. The molecule has 0 spiro atoms. The molecular formula is C24H43N5O. The number of rotatable bonds is 19. The first-order valence-corrected chi connectivity index (χ1v) is 12.3. The van der Waals surface area contributed by atoms with Gasteiger partial charge in [-0.05, 0) is 6.42 Å². The van der Waals surface area contributed by atoms with Crippen LogP contribution in [0, 0.1) is 0 Å². The van der Waals surface area contributed by atoms with Crippen LogP contribution < -0.4 is 5.73 Å². The summed E-state index contributed by atoms with van der Waals surface area (Å²) in [6, 6.07) is 0. The van der Waals surface area contributed by atoms with Crippen molar-refractivity contribution in [1.82, 2.24) is 19.5 Å². The van der Waals surface area contributed by atoms with Crippen LogP contribution in [0.25, 0.3) is 11.2 Å². The van der Waals surface area contributed by atoms with Crippen molar-refractivity contribution >= 4 is 17.0 Å². The number of imidazole rings is 1. The second-order valence-electron chi connectivity index (χ2n) is 8.49. The second-order valence-corrected chi connectivity index (χ2v) is 8.49. The summed E-state index contributed by atoms with van der Waals surface area (Å²) in [6.45, 7) is 3.53. The normalized spacial score (nSPS) is 11.5. The largest absolute Gasteiger partial charge is 0.382 e. The molecule has 170 valence electrons. The summed E-state index contributed by atoms with van der Waals surface area (Å²) in [7, 11) is 0. The Morgan fingerprint density at radius 3 is 1.83 bits per heavy atom. The summed E-state index contributed by atoms with van der Waals surface area (Å²) < 4.78 is 7.64. The third kappa shape index (κ3) is 9.88. The summed E-state index contributed by atoms with van der Waals surface area (Å²) in [4.78, 5) is 12.4. The van der Waals surface area contributed by atoms with Crippen molar-refractivity contribution in [2.75, 3.05) is 12.3 Å². The lowest BCUT2D eigenvalue weighted by Crippen LogP contribution is -2.04. The van der Waals surface area contributed by atoms with E-state index in [0.29, 0.717) is 18.1 Å². The third-order valence-electron chi connectivity index (χ3n) is 5.80. The van der Waals surface area contributed by atoms with Crippen molar-refractivity contribution in [2.45, 2.75) is 116 Å². The molecule has 0 aliphatic heterocycles. The zero-order chi connectivity index (χ0) is 21.3. The average molecular weight is 418 g/mol. The Morgan fingerprint density at radius 1 is 0.733 bits per heavy atom. The van der Waals surface area contributed by atoms with Crippen LogP contribution in [-0.2, 0) is 11.5 Å². The molecule has 0 atom stereocenters. The number of unbranched alkanes of at least 4 members (excludes halogenated alkanes) is 15. The topological polar surface area (TPSA) is 78.9 Å². The molecule has 2 N–H and O–H groups in total. The van der Waals surface area contributed by atoms with Crippen molar-refractivity contribution in [2.24, 2.45) is 0 Å². The van der Waals surface area contributed by atoms with Gasteiger partial charge in [0.2, 0.25) is 0 Å². The van der Waals surface area contributed by atoms with Gasteiger partial charge in [0.1, 0.15) is 18.6 Å². The molecule has 0 saturated heterocycles. The van der Waals surface area contributed by atoms with Gasteiger partial charge < -0.3 is 10.5 Å². The fourth-order valence-electron chi connectivity index (χ4n) is 3.91. The number of aromatic nitrogens is 4.